The van der Waals surface area contributed by atoms with Gasteiger partial charge in [-0.15, -0.1) is 0 Å². The van der Waals surface area contributed by atoms with Gasteiger partial charge in [-0.05, 0) is 75.5 Å². The lowest BCUT2D eigenvalue weighted by Gasteiger charge is -2.60. The summed E-state index contributed by atoms with van der Waals surface area (Å²) >= 11 is 4.06. The van der Waals surface area contributed by atoms with Gasteiger partial charge in [0.05, 0.1) is 0 Å². The topological polar surface area (TPSA) is 20.3 Å². The van der Waals surface area contributed by atoms with Crippen LogP contribution in [0.15, 0.2) is 0 Å². The first kappa shape index (κ1) is 16.8. The molecule has 4 fully saturated rings. The predicted molar refractivity (Wildman–Crippen MR) is 95.1 cm³/mol. The van der Waals surface area contributed by atoms with Crippen LogP contribution in [0.3, 0.4) is 0 Å². The first-order chi connectivity index (χ1) is 10.2. The van der Waals surface area contributed by atoms with E-state index in [1.807, 2.05) is 0 Å². The number of alkyl halides is 1. The maximum atomic E-state index is 13.0. The van der Waals surface area contributed by atoms with E-state index < -0.39 is 0 Å². The maximum absolute atomic E-state index is 13.0. The zero-order chi connectivity index (χ0) is 16.1. The Morgan fingerprint density at radius 2 is 1.73 bits per heavy atom. The summed E-state index contributed by atoms with van der Waals surface area (Å²) in [7, 11) is 0. The van der Waals surface area contributed by atoms with Gasteiger partial charge in [0.25, 0.3) is 0 Å². The normalized spacial score (nSPS) is 39.8. The number of halogens is 1. The van der Waals surface area contributed by atoms with Gasteiger partial charge in [0, 0.05) is 23.3 Å². The Kier molecular flexibility index (Phi) is 4.42. The molecule has 1 amide bonds. The van der Waals surface area contributed by atoms with Crippen molar-refractivity contribution in [2.45, 2.75) is 83.0 Å². The Bertz CT molecular complexity index is 431. The van der Waals surface area contributed by atoms with Crippen molar-refractivity contribution in [3.8, 4) is 0 Å². The minimum Gasteiger partial charge on any atom is -0.340 e. The van der Waals surface area contributed by atoms with Crippen molar-refractivity contribution in [2.24, 2.45) is 23.2 Å². The highest BCUT2D eigenvalue weighted by molar-refractivity contribution is 9.10. The average molecular weight is 370 g/mol. The van der Waals surface area contributed by atoms with Gasteiger partial charge >= 0.3 is 0 Å². The highest BCUT2D eigenvalue weighted by Gasteiger charge is 2.57. The summed E-state index contributed by atoms with van der Waals surface area (Å²) in [6, 6.07) is 0.321. The molecule has 126 valence electrons. The van der Waals surface area contributed by atoms with Crippen molar-refractivity contribution >= 4 is 21.8 Å². The van der Waals surface area contributed by atoms with Gasteiger partial charge in [0.15, 0.2) is 0 Å². The molecular weight excluding hydrogens is 338 g/mol. The molecule has 4 aliphatic rings. The molecule has 3 heteroatoms. The molecule has 4 saturated carbocycles. The predicted octanol–water partition coefficient (Wildman–Crippen LogP) is 5.00. The van der Waals surface area contributed by atoms with E-state index in [4.69, 9.17) is 0 Å². The van der Waals surface area contributed by atoms with E-state index in [1.54, 1.807) is 0 Å². The number of hydrogen-bond donors (Lipinski definition) is 0. The molecule has 2 unspecified atom stereocenters. The third-order valence-electron chi connectivity index (χ3n) is 6.14. The molecule has 0 saturated heterocycles. The van der Waals surface area contributed by atoms with Crippen LogP contribution < -0.4 is 0 Å². The van der Waals surface area contributed by atoms with Crippen LogP contribution in [0.2, 0.25) is 0 Å². The number of nitrogens with zero attached hydrogens (tertiary/aromatic N) is 1. The number of amides is 1. The molecule has 4 aliphatic carbocycles. The Labute approximate surface area is 144 Å². The van der Waals surface area contributed by atoms with Gasteiger partial charge in [-0.2, -0.15) is 0 Å². The van der Waals surface area contributed by atoms with Gasteiger partial charge in [0.2, 0.25) is 5.91 Å². The van der Waals surface area contributed by atoms with Gasteiger partial charge in [0.1, 0.15) is 0 Å². The van der Waals surface area contributed by atoms with Crippen LogP contribution in [-0.2, 0) is 4.79 Å². The summed E-state index contributed by atoms with van der Waals surface area (Å²) in [4.78, 5) is 15.1. The van der Waals surface area contributed by atoms with Crippen molar-refractivity contribution in [1.82, 2.24) is 4.90 Å². The van der Waals surface area contributed by atoms with Crippen LogP contribution in [0, 0.1) is 23.2 Å². The highest BCUT2D eigenvalue weighted by Crippen LogP contribution is 2.65. The van der Waals surface area contributed by atoms with Crippen LogP contribution in [0.4, 0.5) is 0 Å². The van der Waals surface area contributed by atoms with E-state index in [1.165, 1.54) is 38.5 Å². The summed E-state index contributed by atoms with van der Waals surface area (Å²) in [6.07, 6.45) is 8.73. The lowest BCUT2D eigenvalue weighted by atomic mass is 9.48. The molecule has 0 spiro atoms. The van der Waals surface area contributed by atoms with E-state index in [-0.39, 0.29) is 0 Å². The van der Waals surface area contributed by atoms with Gasteiger partial charge in [-0.25, -0.2) is 0 Å². The molecule has 0 aromatic carbocycles. The largest absolute Gasteiger partial charge is 0.340 e. The van der Waals surface area contributed by atoms with Crippen LogP contribution in [-0.4, -0.2) is 27.7 Å². The molecule has 0 radical (unpaired) electrons. The SMILES string of the molecule is CC(C)CN(C(=O)CC12CC3CC(CC(Br)(C3)C1)C2)C(C)C. The summed E-state index contributed by atoms with van der Waals surface area (Å²) < 4.78 is 0.359. The van der Waals surface area contributed by atoms with Crippen molar-refractivity contribution in [1.29, 1.82) is 0 Å². The Balaban J connectivity index is 1.73. The van der Waals surface area contributed by atoms with Crippen molar-refractivity contribution in [2.75, 3.05) is 6.54 Å². The third-order valence-corrected chi connectivity index (χ3v) is 7.07. The van der Waals surface area contributed by atoms with E-state index >= 15 is 0 Å². The number of rotatable bonds is 5. The Hall–Kier alpha value is -0.0500. The second kappa shape index (κ2) is 5.79. The maximum Gasteiger partial charge on any atom is 0.223 e. The molecule has 0 aromatic heterocycles. The fourth-order valence-electron chi connectivity index (χ4n) is 5.96. The number of carbonyl (C=O) groups excluding carboxylic acids is 1. The lowest BCUT2D eigenvalue weighted by Crippen LogP contribution is -2.54. The van der Waals surface area contributed by atoms with Gasteiger partial charge < -0.3 is 4.90 Å². The van der Waals surface area contributed by atoms with E-state index in [0.29, 0.717) is 27.6 Å². The molecule has 0 aromatic rings. The standard InChI is InChI=1S/C19H32BrNO/c1-13(2)11-21(14(3)4)17(22)10-18-6-15-5-16(7-18)9-19(20,8-15)12-18/h13-16H,5-12H2,1-4H3. The number of hydrogen-bond acceptors (Lipinski definition) is 1. The van der Waals surface area contributed by atoms with Crippen LogP contribution in [0.1, 0.15) is 72.6 Å². The molecule has 2 atom stereocenters. The molecule has 0 heterocycles. The second-order valence-corrected chi connectivity index (χ2v) is 11.0. The van der Waals surface area contributed by atoms with Gasteiger partial charge in [-0.1, -0.05) is 29.8 Å². The smallest absolute Gasteiger partial charge is 0.223 e. The lowest BCUT2D eigenvalue weighted by molar-refractivity contribution is -0.140. The van der Waals surface area contributed by atoms with Gasteiger partial charge in [-0.3, -0.25) is 4.79 Å². The monoisotopic (exact) mass is 369 g/mol. The molecule has 0 aliphatic heterocycles. The second-order valence-electron chi connectivity index (χ2n) is 9.32. The Morgan fingerprint density at radius 1 is 1.14 bits per heavy atom. The first-order valence-electron chi connectivity index (χ1n) is 9.19. The molecule has 4 bridgehead atoms. The Morgan fingerprint density at radius 3 is 2.18 bits per heavy atom. The third kappa shape index (κ3) is 3.25. The van der Waals surface area contributed by atoms with E-state index in [9.17, 15) is 4.79 Å². The minimum atomic E-state index is 0.300. The summed E-state index contributed by atoms with van der Waals surface area (Å²) in [6.45, 7) is 9.64. The van der Waals surface area contributed by atoms with Crippen molar-refractivity contribution in [3.63, 3.8) is 0 Å². The molecule has 22 heavy (non-hydrogen) atoms. The zero-order valence-corrected chi connectivity index (χ0v) is 16.3. The molecular formula is C19H32BrNO. The minimum absolute atomic E-state index is 0.300. The highest BCUT2D eigenvalue weighted by atomic mass is 79.9. The molecule has 2 nitrogen and oxygen atoms in total. The fraction of sp³-hybridized carbons (Fsp3) is 0.947. The summed E-state index contributed by atoms with van der Waals surface area (Å²) in [5.74, 6) is 2.68. The zero-order valence-electron chi connectivity index (χ0n) is 14.7. The van der Waals surface area contributed by atoms with E-state index in [0.717, 1.165) is 24.8 Å². The first-order valence-corrected chi connectivity index (χ1v) is 9.98. The summed E-state index contributed by atoms with van der Waals surface area (Å²) in [5.41, 5.74) is 0.300. The van der Waals surface area contributed by atoms with Crippen molar-refractivity contribution < 1.29 is 4.79 Å². The molecule has 0 N–H and O–H groups in total. The average Bonchev–Trinajstić information content (AvgIpc) is 2.31. The van der Waals surface area contributed by atoms with Crippen LogP contribution in [0.25, 0.3) is 0 Å². The molecule has 4 rings (SSSR count). The fourth-order valence-corrected chi connectivity index (χ4v) is 7.47. The quantitative estimate of drug-likeness (QED) is 0.624. The van der Waals surface area contributed by atoms with Crippen molar-refractivity contribution in [3.05, 3.63) is 0 Å². The number of carbonyl (C=O) groups is 1. The van der Waals surface area contributed by atoms with Crippen LogP contribution >= 0.6 is 15.9 Å². The van der Waals surface area contributed by atoms with E-state index in [2.05, 4.69) is 48.5 Å². The summed E-state index contributed by atoms with van der Waals surface area (Å²) in [5, 5.41) is 0. The van der Waals surface area contributed by atoms with Crippen LogP contribution in [0.5, 0.6) is 0 Å².